The van der Waals surface area contributed by atoms with Crippen molar-refractivity contribution >= 4 is 33.4 Å². The Kier molecular flexibility index (Phi) is 7.16. The average Bonchev–Trinajstić information content (AvgIpc) is 3.21. The van der Waals surface area contributed by atoms with Gasteiger partial charge in [0.1, 0.15) is 0 Å². The van der Waals surface area contributed by atoms with Gasteiger partial charge in [-0.2, -0.15) is 13.2 Å². The summed E-state index contributed by atoms with van der Waals surface area (Å²) in [5.41, 5.74) is 1.79. The molecule has 1 amide bonds. The number of carbonyl (C=O) groups is 2. The number of nitrogens with zero attached hydrogens (tertiary/aromatic N) is 3. The van der Waals surface area contributed by atoms with Crippen molar-refractivity contribution in [1.29, 1.82) is 0 Å². The van der Waals surface area contributed by atoms with E-state index in [-0.39, 0.29) is 18.0 Å². The number of amides is 1. The number of thiazole rings is 1. The van der Waals surface area contributed by atoms with Crippen molar-refractivity contribution in [2.75, 3.05) is 26.7 Å². The molecule has 10 heteroatoms. The lowest BCUT2D eigenvalue weighted by atomic mass is 9.83. The summed E-state index contributed by atoms with van der Waals surface area (Å²) in [6.07, 6.45) is -1.14. The smallest absolute Gasteiger partial charge is 0.422 e. The van der Waals surface area contributed by atoms with Crippen LogP contribution in [-0.2, 0) is 14.3 Å². The Bertz CT molecular complexity index is 1100. The van der Waals surface area contributed by atoms with Crippen LogP contribution in [0.5, 0.6) is 0 Å². The molecule has 0 spiro atoms. The van der Waals surface area contributed by atoms with E-state index in [1.165, 1.54) is 4.90 Å². The maximum absolute atomic E-state index is 12.8. The quantitative estimate of drug-likeness (QED) is 0.414. The van der Waals surface area contributed by atoms with Crippen molar-refractivity contribution in [2.45, 2.75) is 70.1 Å². The van der Waals surface area contributed by atoms with Crippen LogP contribution in [0.4, 0.5) is 13.2 Å². The van der Waals surface area contributed by atoms with E-state index >= 15 is 0 Å². The van der Waals surface area contributed by atoms with E-state index < -0.39 is 30.7 Å². The number of benzene rings is 1. The molecule has 4 rings (SSSR count). The first-order valence-electron chi connectivity index (χ1n) is 12.0. The topological polar surface area (TPSA) is 62.7 Å². The molecule has 0 N–H and O–H groups in total. The highest BCUT2D eigenvalue weighted by Crippen LogP contribution is 2.41. The fourth-order valence-corrected chi connectivity index (χ4v) is 6.20. The Labute approximate surface area is 207 Å². The van der Waals surface area contributed by atoms with Gasteiger partial charge < -0.3 is 14.5 Å². The van der Waals surface area contributed by atoms with Gasteiger partial charge in [0, 0.05) is 18.0 Å². The number of piperidine rings is 2. The van der Waals surface area contributed by atoms with E-state index in [1.54, 1.807) is 11.3 Å². The number of alkyl halides is 3. The van der Waals surface area contributed by atoms with Crippen molar-refractivity contribution in [3.63, 3.8) is 0 Å². The summed E-state index contributed by atoms with van der Waals surface area (Å²) in [7, 11) is 2.15. The van der Waals surface area contributed by atoms with Crippen molar-refractivity contribution < 1.29 is 27.5 Å². The zero-order chi connectivity index (χ0) is 25.5. The molecular formula is C25H32F3N3O3S. The molecule has 1 aromatic heterocycles. The van der Waals surface area contributed by atoms with Gasteiger partial charge in [0.05, 0.1) is 21.3 Å². The Morgan fingerprint density at radius 1 is 1.23 bits per heavy atom. The highest BCUT2D eigenvalue weighted by atomic mass is 32.1. The number of likely N-dealkylation sites (tertiary alicyclic amines) is 2. The van der Waals surface area contributed by atoms with Gasteiger partial charge in [-0.25, -0.2) is 9.78 Å². The largest absolute Gasteiger partial charge is 0.449 e. The average molecular weight is 512 g/mol. The molecule has 35 heavy (non-hydrogen) atoms. The number of hydrogen-bond donors (Lipinski definition) is 0. The Morgan fingerprint density at radius 3 is 2.66 bits per heavy atom. The molecule has 1 aromatic carbocycles. The van der Waals surface area contributed by atoms with Gasteiger partial charge in [-0.1, -0.05) is 13.0 Å². The molecule has 192 valence electrons. The molecule has 0 radical (unpaired) electrons. The number of fused-ring (bicyclic) bond motifs is 1. The normalized spacial score (nSPS) is 25.6. The van der Waals surface area contributed by atoms with E-state index in [2.05, 4.69) is 30.5 Å². The lowest BCUT2D eigenvalue weighted by Gasteiger charge is -2.43. The molecule has 2 saturated heterocycles. The SMILES string of the molecule is CC1CC[C@H](c2ccc3sc(C4CCN(C)C(C)(C)C4)nc3c2)N(C(=O)C(=O)OCC(F)(F)F)C1. The third-order valence-corrected chi connectivity index (χ3v) is 8.57. The number of hydrogen-bond acceptors (Lipinski definition) is 6. The lowest BCUT2D eigenvalue weighted by molar-refractivity contribution is -0.190. The van der Waals surface area contributed by atoms with Gasteiger partial charge in [0.15, 0.2) is 6.61 Å². The van der Waals surface area contributed by atoms with Gasteiger partial charge in [-0.3, -0.25) is 4.79 Å². The minimum absolute atomic E-state index is 0.103. The second-order valence-corrected chi connectivity index (χ2v) is 11.6. The molecule has 2 aliphatic rings. The maximum atomic E-state index is 12.8. The molecule has 0 saturated carbocycles. The summed E-state index contributed by atoms with van der Waals surface area (Å²) in [4.78, 5) is 33.6. The van der Waals surface area contributed by atoms with Crippen molar-refractivity contribution in [2.24, 2.45) is 5.92 Å². The summed E-state index contributed by atoms with van der Waals surface area (Å²) < 4.78 is 42.7. The fourth-order valence-electron chi connectivity index (χ4n) is 5.12. The van der Waals surface area contributed by atoms with Crippen LogP contribution in [0.3, 0.4) is 0 Å². The van der Waals surface area contributed by atoms with Gasteiger partial charge >= 0.3 is 18.1 Å². The Hall–Kier alpha value is -2.20. The minimum atomic E-state index is -4.68. The zero-order valence-electron chi connectivity index (χ0n) is 20.5. The first-order valence-corrected chi connectivity index (χ1v) is 12.8. The first kappa shape index (κ1) is 25.9. The van der Waals surface area contributed by atoms with Crippen LogP contribution in [0.15, 0.2) is 18.2 Å². The number of carbonyl (C=O) groups excluding carboxylic acids is 2. The predicted octanol–water partition coefficient (Wildman–Crippen LogP) is 5.29. The van der Waals surface area contributed by atoms with E-state index in [9.17, 15) is 22.8 Å². The number of aromatic nitrogens is 1. The summed E-state index contributed by atoms with van der Waals surface area (Å²) in [5.74, 6) is -1.98. The van der Waals surface area contributed by atoms with Crippen LogP contribution in [0.25, 0.3) is 10.2 Å². The fraction of sp³-hybridized carbons (Fsp3) is 0.640. The standard InChI is InChI=1S/C25H32F3N3O3S/c1-15-5-7-19(31(13-15)22(32)23(33)34-14-25(26,27)28)16-6-8-20-18(11-16)29-21(35-20)17-9-10-30(4)24(2,3)12-17/h6,8,11,15,17,19H,5,7,9-10,12-14H2,1-4H3/t15?,17?,19-/m1/s1. The number of rotatable bonds is 3. The number of ether oxygens (including phenoxy) is 1. The van der Waals surface area contributed by atoms with Gasteiger partial charge in [0.2, 0.25) is 0 Å². The highest BCUT2D eigenvalue weighted by molar-refractivity contribution is 7.18. The summed E-state index contributed by atoms with van der Waals surface area (Å²) in [6, 6.07) is 5.48. The van der Waals surface area contributed by atoms with Gasteiger partial charge in [-0.05, 0) is 76.7 Å². The van der Waals surface area contributed by atoms with E-state index in [0.717, 1.165) is 46.6 Å². The maximum Gasteiger partial charge on any atom is 0.422 e. The molecule has 2 fully saturated rings. The van der Waals surface area contributed by atoms with Gasteiger partial charge in [0.25, 0.3) is 0 Å². The third kappa shape index (κ3) is 5.80. The monoisotopic (exact) mass is 511 g/mol. The summed E-state index contributed by atoms with van der Waals surface area (Å²) >= 11 is 1.69. The second-order valence-electron chi connectivity index (χ2n) is 10.6. The van der Waals surface area contributed by atoms with Crippen LogP contribution >= 0.6 is 11.3 Å². The van der Waals surface area contributed by atoms with Crippen LogP contribution in [-0.4, -0.2) is 65.1 Å². The Balaban J connectivity index is 1.55. The van der Waals surface area contributed by atoms with Crippen LogP contribution in [0.2, 0.25) is 0 Å². The van der Waals surface area contributed by atoms with Crippen LogP contribution in [0, 0.1) is 5.92 Å². The molecule has 2 unspecified atom stereocenters. The van der Waals surface area contributed by atoms with E-state index in [4.69, 9.17) is 4.98 Å². The van der Waals surface area contributed by atoms with Crippen molar-refractivity contribution in [3.05, 3.63) is 28.8 Å². The third-order valence-electron chi connectivity index (χ3n) is 7.37. The minimum Gasteiger partial charge on any atom is -0.449 e. The molecule has 0 aliphatic carbocycles. The molecule has 2 aliphatic heterocycles. The first-order chi connectivity index (χ1) is 16.3. The summed E-state index contributed by atoms with van der Waals surface area (Å²) in [5, 5.41) is 1.11. The molecular weight excluding hydrogens is 479 g/mol. The Morgan fingerprint density at radius 2 is 1.97 bits per heavy atom. The van der Waals surface area contributed by atoms with Crippen LogP contribution < -0.4 is 0 Å². The van der Waals surface area contributed by atoms with Crippen LogP contribution in [0.1, 0.15) is 69.0 Å². The van der Waals surface area contributed by atoms with E-state index in [0.29, 0.717) is 12.3 Å². The molecule has 0 bridgehead atoms. The molecule has 3 heterocycles. The van der Waals surface area contributed by atoms with Gasteiger partial charge in [-0.15, -0.1) is 11.3 Å². The highest BCUT2D eigenvalue weighted by Gasteiger charge is 2.38. The van der Waals surface area contributed by atoms with Crippen molar-refractivity contribution in [3.8, 4) is 0 Å². The number of halogens is 3. The van der Waals surface area contributed by atoms with Crippen molar-refractivity contribution in [1.82, 2.24) is 14.8 Å². The molecule has 2 aromatic rings. The number of esters is 1. The summed E-state index contributed by atoms with van der Waals surface area (Å²) in [6.45, 7) is 5.99. The second kappa shape index (κ2) is 9.69. The zero-order valence-corrected chi connectivity index (χ0v) is 21.3. The molecule has 3 atom stereocenters. The molecule has 6 nitrogen and oxygen atoms in total. The van der Waals surface area contributed by atoms with E-state index in [1.807, 2.05) is 25.1 Å². The lowest BCUT2D eigenvalue weighted by Crippen LogP contribution is -2.46. The predicted molar refractivity (Wildman–Crippen MR) is 128 cm³/mol.